The van der Waals surface area contributed by atoms with Gasteiger partial charge in [-0.05, 0) is 47.7 Å². The molecular formula is C18H14BrCl2N. The number of anilines is 1. The van der Waals surface area contributed by atoms with Crippen LogP contribution in [0, 0.1) is 5.92 Å². The van der Waals surface area contributed by atoms with Gasteiger partial charge in [-0.3, -0.25) is 0 Å². The standard InChI is InChI=1S/C18H14BrCl2N/c19-11-6-4-10(5-7-11)17-14-3-1-2-13(14)15-8-12(20)9-16(21)18(15)22-17/h1-2,4-9,13-14,17,22H,3H2/t13-,14-,17+/m1/s1. The van der Waals surface area contributed by atoms with Gasteiger partial charge < -0.3 is 5.32 Å². The van der Waals surface area contributed by atoms with Crippen LogP contribution in [0.2, 0.25) is 10.0 Å². The maximum absolute atomic E-state index is 6.44. The lowest BCUT2D eigenvalue weighted by atomic mass is 9.77. The number of benzene rings is 2. The van der Waals surface area contributed by atoms with E-state index >= 15 is 0 Å². The monoisotopic (exact) mass is 393 g/mol. The molecule has 0 amide bonds. The molecule has 112 valence electrons. The molecule has 2 aliphatic rings. The second-order valence-corrected chi connectivity index (χ2v) is 7.64. The highest BCUT2D eigenvalue weighted by molar-refractivity contribution is 9.10. The Balaban J connectivity index is 1.82. The molecule has 0 saturated heterocycles. The van der Waals surface area contributed by atoms with Gasteiger partial charge in [0.05, 0.1) is 16.8 Å². The first-order chi connectivity index (χ1) is 10.6. The van der Waals surface area contributed by atoms with Gasteiger partial charge >= 0.3 is 0 Å². The van der Waals surface area contributed by atoms with Gasteiger partial charge in [-0.15, -0.1) is 0 Å². The van der Waals surface area contributed by atoms with Crippen molar-refractivity contribution in [2.75, 3.05) is 5.32 Å². The molecule has 1 nitrogen and oxygen atoms in total. The van der Waals surface area contributed by atoms with Crippen LogP contribution in [0.25, 0.3) is 0 Å². The molecule has 4 heteroatoms. The third-order valence-electron chi connectivity index (χ3n) is 4.61. The predicted molar refractivity (Wildman–Crippen MR) is 97.0 cm³/mol. The molecule has 22 heavy (non-hydrogen) atoms. The number of hydrogen-bond donors (Lipinski definition) is 1. The molecule has 2 aromatic carbocycles. The maximum Gasteiger partial charge on any atom is 0.0655 e. The van der Waals surface area contributed by atoms with E-state index in [4.69, 9.17) is 23.2 Å². The van der Waals surface area contributed by atoms with Crippen LogP contribution >= 0.6 is 39.1 Å². The average Bonchev–Trinajstić information content (AvgIpc) is 2.97. The van der Waals surface area contributed by atoms with Crippen molar-refractivity contribution >= 4 is 44.8 Å². The molecule has 0 bridgehead atoms. The normalized spacial score (nSPS) is 25.5. The van der Waals surface area contributed by atoms with Crippen LogP contribution in [0.3, 0.4) is 0 Å². The highest BCUT2D eigenvalue weighted by atomic mass is 79.9. The molecule has 0 saturated carbocycles. The summed E-state index contributed by atoms with van der Waals surface area (Å²) in [7, 11) is 0. The molecule has 0 aromatic heterocycles. The van der Waals surface area contributed by atoms with E-state index in [0.717, 1.165) is 16.6 Å². The van der Waals surface area contributed by atoms with E-state index in [9.17, 15) is 0 Å². The molecule has 0 unspecified atom stereocenters. The first-order valence-corrected chi connectivity index (χ1v) is 8.86. The van der Waals surface area contributed by atoms with Crippen LogP contribution in [0.4, 0.5) is 5.69 Å². The third-order valence-corrected chi connectivity index (χ3v) is 5.66. The molecule has 0 spiro atoms. The van der Waals surface area contributed by atoms with Crippen molar-refractivity contribution < 1.29 is 0 Å². The van der Waals surface area contributed by atoms with Crippen molar-refractivity contribution in [2.24, 2.45) is 5.92 Å². The third kappa shape index (κ3) is 2.38. The summed E-state index contributed by atoms with van der Waals surface area (Å²) in [5.74, 6) is 0.879. The Labute approximate surface area is 148 Å². The summed E-state index contributed by atoms with van der Waals surface area (Å²) in [5, 5.41) is 5.05. The van der Waals surface area contributed by atoms with Gasteiger partial charge in [0.15, 0.2) is 0 Å². The van der Waals surface area contributed by atoms with E-state index < -0.39 is 0 Å². The van der Waals surface area contributed by atoms with Crippen LogP contribution in [-0.2, 0) is 0 Å². The lowest BCUT2D eigenvalue weighted by Gasteiger charge is -2.38. The van der Waals surface area contributed by atoms with Crippen LogP contribution in [0.1, 0.15) is 29.5 Å². The summed E-state index contributed by atoms with van der Waals surface area (Å²) in [5.41, 5.74) is 3.52. The zero-order chi connectivity index (χ0) is 15.3. The Morgan fingerprint density at radius 3 is 2.64 bits per heavy atom. The highest BCUT2D eigenvalue weighted by Crippen LogP contribution is 2.52. The Kier molecular flexibility index (Phi) is 3.72. The molecule has 1 aliphatic heterocycles. The van der Waals surface area contributed by atoms with Gasteiger partial charge in [-0.1, -0.05) is 63.4 Å². The van der Waals surface area contributed by atoms with E-state index in [2.05, 4.69) is 57.7 Å². The molecule has 2 aromatic rings. The minimum absolute atomic E-state index is 0.263. The van der Waals surface area contributed by atoms with E-state index in [1.807, 2.05) is 12.1 Å². The minimum atomic E-state index is 0.263. The first kappa shape index (κ1) is 14.6. The number of halogens is 3. The average molecular weight is 395 g/mol. The van der Waals surface area contributed by atoms with Gasteiger partial charge in [-0.25, -0.2) is 0 Å². The van der Waals surface area contributed by atoms with Crippen molar-refractivity contribution in [3.63, 3.8) is 0 Å². The molecule has 1 heterocycles. The topological polar surface area (TPSA) is 12.0 Å². The zero-order valence-corrected chi connectivity index (χ0v) is 14.8. The van der Waals surface area contributed by atoms with Crippen molar-refractivity contribution in [1.29, 1.82) is 0 Å². The van der Waals surface area contributed by atoms with Gasteiger partial charge in [0.25, 0.3) is 0 Å². The van der Waals surface area contributed by atoms with Crippen LogP contribution in [0.15, 0.2) is 53.0 Å². The molecule has 0 radical (unpaired) electrons. The van der Waals surface area contributed by atoms with Crippen molar-refractivity contribution in [3.8, 4) is 0 Å². The predicted octanol–water partition coefficient (Wildman–Crippen LogP) is 6.58. The molecule has 4 rings (SSSR count). The molecule has 3 atom stereocenters. The summed E-state index contributed by atoms with van der Waals surface area (Å²) in [4.78, 5) is 0. The lowest BCUT2D eigenvalue weighted by Crippen LogP contribution is -2.29. The summed E-state index contributed by atoms with van der Waals surface area (Å²) < 4.78 is 1.10. The molecule has 1 N–H and O–H groups in total. The first-order valence-electron chi connectivity index (χ1n) is 7.31. The second kappa shape index (κ2) is 5.59. The number of fused-ring (bicyclic) bond motifs is 3. The fraction of sp³-hybridized carbons (Fsp3) is 0.222. The highest BCUT2D eigenvalue weighted by Gasteiger charge is 2.38. The number of allylic oxidation sites excluding steroid dienone is 2. The largest absolute Gasteiger partial charge is 0.376 e. The summed E-state index contributed by atoms with van der Waals surface area (Å²) >= 11 is 16.1. The summed E-state index contributed by atoms with van der Waals surface area (Å²) in [6.07, 6.45) is 5.64. The van der Waals surface area contributed by atoms with Crippen molar-refractivity contribution in [3.05, 3.63) is 74.2 Å². The Morgan fingerprint density at radius 1 is 1.09 bits per heavy atom. The minimum Gasteiger partial charge on any atom is -0.376 e. The smallest absolute Gasteiger partial charge is 0.0655 e. The Bertz CT molecular complexity index is 754. The SMILES string of the molecule is Clc1cc(Cl)c2c(c1)[C@@H]1C=CC[C@H]1[C@H](c1ccc(Br)cc1)N2. The van der Waals surface area contributed by atoms with E-state index in [1.54, 1.807) is 0 Å². The van der Waals surface area contributed by atoms with Crippen LogP contribution in [0.5, 0.6) is 0 Å². The van der Waals surface area contributed by atoms with Crippen LogP contribution in [-0.4, -0.2) is 0 Å². The summed E-state index contributed by atoms with van der Waals surface area (Å²) in [6, 6.07) is 12.6. The fourth-order valence-electron chi connectivity index (χ4n) is 3.62. The second-order valence-electron chi connectivity index (χ2n) is 5.88. The maximum atomic E-state index is 6.44. The number of nitrogens with one attached hydrogen (secondary N) is 1. The summed E-state index contributed by atoms with van der Waals surface area (Å²) in [6.45, 7) is 0. The van der Waals surface area contributed by atoms with Gasteiger partial charge in [0.2, 0.25) is 0 Å². The Morgan fingerprint density at radius 2 is 1.86 bits per heavy atom. The number of hydrogen-bond acceptors (Lipinski definition) is 1. The van der Waals surface area contributed by atoms with Crippen LogP contribution < -0.4 is 5.32 Å². The van der Waals surface area contributed by atoms with E-state index in [-0.39, 0.29) is 6.04 Å². The number of rotatable bonds is 1. The zero-order valence-electron chi connectivity index (χ0n) is 11.7. The van der Waals surface area contributed by atoms with Gasteiger partial charge in [-0.2, -0.15) is 0 Å². The van der Waals surface area contributed by atoms with Crippen molar-refractivity contribution in [2.45, 2.75) is 18.4 Å². The molecular weight excluding hydrogens is 381 g/mol. The van der Waals surface area contributed by atoms with E-state index in [1.165, 1.54) is 11.1 Å². The lowest BCUT2D eigenvalue weighted by molar-refractivity contribution is 0.425. The van der Waals surface area contributed by atoms with Gasteiger partial charge in [0, 0.05) is 15.4 Å². The Hall–Kier alpha value is -0.960. The fourth-order valence-corrected chi connectivity index (χ4v) is 4.45. The van der Waals surface area contributed by atoms with Crippen molar-refractivity contribution in [1.82, 2.24) is 0 Å². The molecule has 0 fully saturated rings. The molecule has 1 aliphatic carbocycles. The quantitative estimate of drug-likeness (QED) is 0.538. The van der Waals surface area contributed by atoms with Gasteiger partial charge in [0.1, 0.15) is 0 Å². The van der Waals surface area contributed by atoms with E-state index in [0.29, 0.717) is 21.9 Å².